The van der Waals surface area contributed by atoms with Crippen LogP contribution in [0.25, 0.3) is 0 Å². The summed E-state index contributed by atoms with van der Waals surface area (Å²) >= 11 is 0. The minimum Gasteiger partial charge on any atom is -0.443 e. The molecule has 2 saturated heterocycles. The van der Waals surface area contributed by atoms with E-state index in [2.05, 4.69) is 5.32 Å². The topological polar surface area (TPSA) is 70.8 Å². The third-order valence-corrected chi connectivity index (χ3v) is 3.84. The summed E-state index contributed by atoms with van der Waals surface area (Å²) in [5.74, 6) is -0.321. The Morgan fingerprint density at radius 1 is 1.38 bits per heavy atom. The van der Waals surface area contributed by atoms with E-state index in [0.717, 1.165) is 26.2 Å². The zero-order valence-electron chi connectivity index (χ0n) is 11.7. The minimum absolute atomic E-state index is 0.267. The molecular weight excluding hydrogens is 275 g/mol. The fourth-order valence-corrected chi connectivity index (χ4v) is 2.68. The van der Waals surface area contributed by atoms with E-state index in [9.17, 15) is 9.18 Å². The van der Waals surface area contributed by atoms with Gasteiger partial charge in [-0.2, -0.15) is 0 Å². The maximum atomic E-state index is 14.3. The number of halogens is 1. The third kappa shape index (κ3) is 2.79. The SMILES string of the molecule is NCC1CN(c2ccc(N3CCNCC3)c(F)c2)C(=O)O1. The second-order valence-corrected chi connectivity index (χ2v) is 5.22. The van der Waals surface area contributed by atoms with Crippen LogP contribution in [0.15, 0.2) is 18.2 Å². The maximum absolute atomic E-state index is 14.3. The minimum atomic E-state index is -0.472. The lowest BCUT2D eigenvalue weighted by Crippen LogP contribution is -2.43. The van der Waals surface area contributed by atoms with Crippen molar-refractivity contribution in [3.8, 4) is 0 Å². The molecule has 1 aromatic carbocycles. The molecule has 21 heavy (non-hydrogen) atoms. The average Bonchev–Trinajstić information content (AvgIpc) is 2.89. The van der Waals surface area contributed by atoms with Gasteiger partial charge in [0.05, 0.1) is 17.9 Å². The van der Waals surface area contributed by atoms with Gasteiger partial charge in [-0.05, 0) is 18.2 Å². The maximum Gasteiger partial charge on any atom is 0.414 e. The number of hydrogen-bond acceptors (Lipinski definition) is 5. The summed E-state index contributed by atoms with van der Waals surface area (Å²) < 4.78 is 19.4. The van der Waals surface area contributed by atoms with Gasteiger partial charge in [-0.3, -0.25) is 4.90 Å². The first-order valence-electron chi connectivity index (χ1n) is 7.12. The molecule has 6 nitrogen and oxygen atoms in total. The average molecular weight is 294 g/mol. The summed E-state index contributed by atoms with van der Waals surface area (Å²) in [5, 5.41) is 3.23. The summed E-state index contributed by atoms with van der Waals surface area (Å²) in [7, 11) is 0. The number of hydrogen-bond donors (Lipinski definition) is 2. The molecule has 3 N–H and O–H groups in total. The molecule has 0 spiro atoms. The summed E-state index contributed by atoms with van der Waals surface area (Å²) in [6, 6.07) is 4.86. The van der Waals surface area contributed by atoms with Crippen molar-refractivity contribution in [2.24, 2.45) is 5.73 Å². The highest BCUT2D eigenvalue weighted by atomic mass is 19.1. The summed E-state index contributed by atoms with van der Waals surface area (Å²) in [6.45, 7) is 3.87. The number of piperazine rings is 1. The fourth-order valence-electron chi connectivity index (χ4n) is 2.68. The highest BCUT2D eigenvalue weighted by molar-refractivity contribution is 5.90. The van der Waals surface area contributed by atoms with Crippen molar-refractivity contribution < 1.29 is 13.9 Å². The van der Waals surface area contributed by atoms with Crippen LogP contribution in [0.2, 0.25) is 0 Å². The normalized spacial score (nSPS) is 22.6. The number of nitrogens with zero attached hydrogens (tertiary/aromatic N) is 2. The van der Waals surface area contributed by atoms with E-state index >= 15 is 0 Å². The molecule has 3 rings (SSSR count). The molecule has 7 heteroatoms. The zero-order chi connectivity index (χ0) is 14.8. The smallest absolute Gasteiger partial charge is 0.414 e. The molecule has 2 aliphatic rings. The van der Waals surface area contributed by atoms with Gasteiger partial charge in [-0.15, -0.1) is 0 Å². The summed E-state index contributed by atoms with van der Waals surface area (Å²) in [5.41, 5.74) is 6.58. The van der Waals surface area contributed by atoms with Crippen LogP contribution < -0.4 is 20.9 Å². The van der Waals surface area contributed by atoms with Gasteiger partial charge in [0.1, 0.15) is 11.9 Å². The molecule has 1 aromatic rings. The Morgan fingerprint density at radius 3 is 2.76 bits per heavy atom. The number of carbonyl (C=O) groups is 1. The van der Waals surface area contributed by atoms with Gasteiger partial charge in [0.25, 0.3) is 0 Å². The van der Waals surface area contributed by atoms with Crippen LogP contribution >= 0.6 is 0 Å². The summed E-state index contributed by atoms with van der Waals surface area (Å²) in [6.07, 6.45) is -0.798. The van der Waals surface area contributed by atoms with E-state index in [1.807, 2.05) is 4.90 Å². The monoisotopic (exact) mass is 294 g/mol. The van der Waals surface area contributed by atoms with E-state index < -0.39 is 6.09 Å². The second-order valence-electron chi connectivity index (χ2n) is 5.22. The number of nitrogens with one attached hydrogen (secondary N) is 1. The Balaban J connectivity index is 1.79. The van der Waals surface area contributed by atoms with Crippen LogP contribution in [-0.2, 0) is 4.74 Å². The lowest BCUT2D eigenvalue weighted by molar-refractivity contribution is 0.145. The molecule has 0 aromatic heterocycles. The van der Waals surface area contributed by atoms with Crippen LogP contribution in [0.3, 0.4) is 0 Å². The number of ether oxygens (including phenoxy) is 1. The van der Waals surface area contributed by atoms with E-state index in [1.165, 1.54) is 11.0 Å². The molecule has 114 valence electrons. The number of nitrogens with two attached hydrogens (primary N) is 1. The lowest BCUT2D eigenvalue weighted by atomic mass is 10.2. The van der Waals surface area contributed by atoms with Crippen molar-refractivity contribution in [3.05, 3.63) is 24.0 Å². The Hall–Kier alpha value is -1.86. The molecule has 2 heterocycles. The van der Waals surface area contributed by atoms with Crippen LogP contribution in [0.4, 0.5) is 20.6 Å². The Bertz CT molecular complexity index is 534. The second kappa shape index (κ2) is 5.87. The van der Waals surface area contributed by atoms with E-state index in [0.29, 0.717) is 17.9 Å². The lowest BCUT2D eigenvalue weighted by Gasteiger charge is -2.30. The van der Waals surface area contributed by atoms with Crippen molar-refractivity contribution in [3.63, 3.8) is 0 Å². The van der Waals surface area contributed by atoms with Crippen LogP contribution in [0, 0.1) is 5.82 Å². The van der Waals surface area contributed by atoms with E-state index in [1.54, 1.807) is 12.1 Å². The quantitative estimate of drug-likeness (QED) is 0.850. The molecular formula is C14H19FN4O2. The van der Waals surface area contributed by atoms with Crippen LogP contribution in [0.1, 0.15) is 0 Å². The zero-order valence-corrected chi connectivity index (χ0v) is 11.7. The summed E-state index contributed by atoms with van der Waals surface area (Å²) in [4.78, 5) is 15.2. The molecule has 2 fully saturated rings. The Morgan fingerprint density at radius 2 is 2.14 bits per heavy atom. The predicted octanol–water partition coefficient (Wildman–Crippen LogP) is 0.519. The highest BCUT2D eigenvalue weighted by Gasteiger charge is 2.31. The molecule has 0 saturated carbocycles. The van der Waals surface area contributed by atoms with Crippen molar-refractivity contribution in [2.45, 2.75) is 6.10 Å². The van der Waals surface area contributed by atoms with Gasteiger partial charge in [0.2, 0.25) is 0 Å². The van der Waals surface area contributed by atoms with E-state index in [-0.39, 0.29) is 18.5 Å². The first-order valence-corrected chi connectivity index (χ1v) is 7.12. The number of rotatable bonds is 3. The van der Waals surface area contributed by atoms with Crippen LogP contribution in [-0.4, -0.2) is 51.5 Å². The van der Waals surface area contributed by atoms with Crippen molar-refractivity contribution >= 4 is 17.5 Å². The van der Waals surface area contributed by atoms with E-state index in [4.69, 9.17) is 10.5 Å². The first kappa shape index (κ1) is 14.1. The van der Waals surface area contributed by atoms with Gasteiger partial charge < -0.3 is 20.7 Å². The Kier molecular flexibility index (Phi) is 3.94. The van der Waals surface area contributed by atoms with Gasteiger partial charge in [-0.25, -0.2) is 9.18 Å². The van der Waals surface area contributed by atoms with Crippen molar-refractivity contribution in [2.75, 3.05) is 49.1 Å². The van der Waals surface area contributed by atoms with Crippen molar-refractivity contribution in [1.29, 1.82) is 0 Å². The van der Waals surface area contributed by atoms with Gasteiger partial charge in [0.15, 0.2) is 0 Å². The third-order valence-electron chi connectivity index (χ3n) is 3.84. The van der Waals surface area contributed by atoms with Crippen molar-refractivity contribution in [1.82, 2.24) is 5.32 Å². The number of benzene rings is 1. The molecule has 1 atom stereocenters. The number of carbonyl (C=O) groups excluding carboxylic acids is 1. The first-order chi connectivity index (χ1) is 10.2. The molecule has 0 aliphatic carbocycles. The number of cyclic esters (lactones) is 1. The standard InChI is InChI=1S/C14H19FN4O2/c15-12-7-10(19-9-11(8-16)21-14(19)20)1-2-13(12)18-5-3-17-4-6-18/h1-2,7,11,17H,3-6,8-9,16H2. The van der Waals surface area contributed by atoms with Gasteiger partial charge >= 0.3 is 6.09 Å². The highest BCUT2D eigenvalue weighted by Crippen LogP contribution is 2.27. The largest absolute Gasteiger partial charge is 0.443 e. The molecule has 0 bridgehead atoms. The molecule has 1 unspecified atom stereocenters. The number of amides is 1. The Labute approximate surface area is 122 Å². The molecule has 2 aliphatic heterocycles. The molecule has 0 radical (unpaired) electrons. The number of anilines is 2. The predicted molar refractivity (Wildman–Crippen MR) is 78.2 cm³/mol. The molecule has 1 amide bonds. The van der Waals surface area contributed by atoms with Gasteiger partial charge in [0, 0.05) is 32.7 Å². The van der Waals surface area contributed by atoms with Crippen LogP contribution in [0.5, 0.6) is 0 Å². The fraction of sp³-hybridized carbons (Fsp3) is 0.500. The van der Waals surface area contributed by atoms with Gasteiger partial charge in [-0.1, -0.05) is 0 Å².